The Morgan fingerprint density at radius 3 is 2.69 bits per heavy atom. The van der Waals surface area contributed by atoms with Crippen LogP contribution in [0.3, 0.4) is 0 Å². The van der Waals surface area contributed by atoms with Crippen molar-refractivity contribution in [3.8, 4) is 11.5 Å². The Morgan fingerprint density at radius 1 is 1.31 bits per heavy atom. The van der Waals surface area contributed by atoms with E-state index in [1.807, 2.05) is 17.8 Å². The van der Waals surface area contributed by atoms with Crippen LogP contribution in [0.25, 0.3) is 0 Å². The number of hydrogen-bond donors (Lipinski definition) is 3. The van der Waals surface area contributed by atoms with E-state index in [9.17, 15) is 5.11 Å². The van der Waals surface area contributed by atoms with Crippen molar-refractivity contribution in [1.82, 2.24) is 5.32 Å². The molecule has 0 aliphatic rings. The van der Waals surface area contributed by atoms with E-state index in [0.717, 1.165) is 17.7 Å². The van der Waals surface area contributed by atoms with Crippen molar-refractivity contribution in [2.24, 2.45) is 0 Å². The first-order valence-corrected chi connectivity index (χ1v) is 6.76. The molecule has 0 aromatic heterocycles. The zero-order chi connectivity index (χ0) is 12.0. The highest BCUT2D eigenvalue weighted by atomic mass is 32.2. The van der Waals surface area contributed by atoms with Crippen LogP contribution in [0, 0.1) is 0 Å². The van der Waals surface area contributed by atoms with Crippen LogP contribution in [0.2, 0.25) is 0 Å². The number of nitrogens with one attached hydrogen (secondary N) is 1. The second kappa shape index (κ2) is 6.66. The number of hydrogen-bond acceptors (Lipinski definition) is 4. The second-order valence-corrected chi connectivity index (χ2v) is 4.87. The molecule has 3 N–H and O–H groups in total. The maximum atomic E-state index is 9.33. The lowest BCUT2D eigenvalue weighted by molar-refractivity contribution is 0.402. The van der Waals surface area contributed by atoms with Gasteiger partial charge in [0.25, 0.3) is 0 Å². The van der Waals surface area contributed by atoms with Gasteiger partial charge in [0.2, 0.25) is 0 Å². The third-order valence-electron chi connectivity index (χ3n) is 2.45. The van der Waals surface area contributed by atoms with E-state index in [-0.39, 0.29) is 11.5 Å². The fourth-order valence-electron chi connectivity index (χ4n) is 1.37. The molecule has 1 atom stereocenters. The van der Waals surface area contributed by atoms with Crippen LogP contribution in [0.5, 0.6) is 11.5 Å². The highest BCUT2D eigenvalue weighted by Gasteiger charge is 2.03. The molecule has 0 heterocycles. The summed E-state index contributed by atoms with van der Waals surface area (Å²) >= 11 is 1.84. The molecular formula is C12H19NO2S. The lowest BCUT2D eigenvalue weighted by atomic mass is 10.2. The van der Waals surface area contributed by atoms with Crippen LogP contribution in [0.4, 0.5) is 0 Å². The molecule has 4 heteroatoms. The van der Waals surface area contributed by atoms with Crippen molar-refractivity contribution in [2.45, 2.75) is 25.9 Å². The quantitative estimate of drug-likeness (QED) is 0.669. The molecule has 0 fully saturated rings. The first-order valence-electron chi connectivity index (χ1n) is 5.36. The predicted octanol–water partition coefficient (Wildman–Crippen LogP) is 2.33. The lowest BCUT2D eigenvalue weighted by Gasteiger charge is -2.13. The third kappa shape index (κ3) is 4.33. The van der Waals surface area contributed by atoms with E-state index < -0.39 is 0 Å². The zero-order valence-corrected chi connectivity index (χ0v) is 10.5. The van der Waals surface area contributed by atoms with Gasteiger partial charge in [0, 0.05) is 12.6 Å². The molecule has 0 saturated carbocycles. The Bertz CT molecular complexity index is 331. The summed E-state index contributed by atoms with van der Waals surface area (Å²) in [7, 11) is 0. The standard InChI is InChI=1S/C12H19NO2S/c1-9(5-6-16-2)13-8-10-3-4-11(14)12(15)7-10/h3-4,7,9,13-15H,5-6,8H2,1-2H3. The van der Waals surface area contributed by atoms with Crippen molar-refractivity contribution < 1.29 is 10.2 Å². The molecule has 1 unspecified atom stereocenters. The van der Waals surface area contributed by atoms with Gasteiger partial charge in [-0.25, -0.2) is 0 Å². The zero-order valence-electron chi connectivity index (χ0n) is 9.73. The summed E-state index contributed by atoms with van der Waals surface area (Å²) in [5.41, 5.74) is 0.978. The fraction of sp³-hybridized carbons (Fsp3) is 0.500. The minimum Gasteiger partial charge on any atom is -0.504 e. The number of phenols is 2. The summed E-state index contributed by atoms with van der Waals surface area (Å²) in [6, 6.07) is 5.37. The number of rotatable bonds is 6. The minimum atomic E-state index is -0.0702. The molecule has 0 aliphatic carbocycles. The van der Waals surface area contributed by atoms with E-state index in [1.165, 1.54) is 6.07 Å². The molecular weight excluding hydrogens is 222 g/mol. The van der Waals surface area contributed by atoms with E-state index in [4.69, 9.17) is 5.11 Å². The summed E-state index contributed by atoms with van der Waals surface area (Å²) in [4.78, 5) is 0. The molecule has 3 nitrogen and oxygen atoms in total. The minimum absolute atomic E-state index is 0.0592. The summed E-state index contributed by atoms with van der Waals surface area (Å²) in [6.45, 7) is 2.86. The predicted molar refractivity (Wildman–Crippen MR) is 69.1 cm³/mol. The Labute approximate surface area is 101 Å². The van der Waals surface area contributed by atoms with E-state index in [0.29, 0.717) is 12.6 Å². The highest BCUT2D eigenvalue weighted by Crippen LogP contribution is 2.24. The highest BCUT2D eigenvalue weighted by molar-refractivity contribution is 7.98. The number of thioether (sulfide) groups is 1. The van der Waals surface area contributed by atoms with Gasteiger partial charge < -0.3 is 15.5 Å². The Morgan fingerprint density at radius 2 is 2.06 bits per heavy atom. The molecule has 1 aromatic rings. The molecule has 1 rings (SSSR count). The average molecular weight is 241 g/mol. The summed E-state index contributed by atoms with van der Waals surface area (Å²) < 4.78 is 0. The smallest absolute Gasteiger partial charge is 0.157 e. The van der Waals surface area contributed by atoms with Crippen molar-refractivity contribution in [2.75, 3.05) is 12.0 Å². The lowest BCUT2D eigenvalue weighted by Crippen LogP contribution is -2.25. The van der Waals surface area contributed by atoms with Crippen molar-refractivity contribution >= 4 is 11.8 Å². The second-order valence-electron chi connectivity index (χ2n) is 3.89. The van der Waals surface area contributed by atoms with Crippen molar-refractivity contribution in [1.29, 1.82) is 0 Å². The summed E-state index contributed by atoms with van der Waals surface area (Å²) in [5.74, 6) is 1.02. The monoisotopic (exact) mass is 241 g/mol. The normalized spacial score (nSPS) is 12.6. The number of aromatic hydroxyl groups is 2. The van der Waals surface area contributed by atoms with Gasteiger partial charge in [0.15, 0.2) is 11.5 Å². The molecule has 90 valence electrons. The first kappa shape index (κ1) is 13.2. The Hall–Kier alpha value is -0.870. The van der Waals surface area contributed by atoms with E-state index >= 15 is 0 Å². The first-order chi connectivity index (χ1) is 7.63. The van der Waals surface area contributed by atoms with Crippen LogP contribution in [0.15, 0.2) is 18.2 Å². The van der Waals surface area contributed by atoms with E-state index in [1.54, 1.807) is 6.07 Å². The molecule has 0 saturated heterocycles. The van der Waals surface area contributed by atoms with Gasteiger partial charge in [-0.3, -0.25) is 0 Å². The van der Waals surface area contributed by atoms with Gasteiger partial charge in [-0.1, -0.05) is 6.07 Å². The van der Waals surface area contributed by atoms with Gasteiger partial charge in [-0.05, 0) is 43.0 Å². The van der Waals surface area contributed by atoms with Crippen LogP contribution in [-0.4, -0.2) is 28.3 Å². The van der Waals surface area contributed by atoms with Crippen molar-refractivity contribution in [3.05, 3.63) is 23.8 Å². The van der Waals surface area contributed by atoms with Crippen LogP contribution in [0.1, 0.15) is 18.9 Å². The topological polar surface area (TPSA) is 52.5 Å². The van der Waals surface area contributed by atoms with E-state index in [2.05, 4.69) is 18.5 Å². The van der Waals surface area contributed by atoms with Crippen molar-refractivity contribution in [3.63, 3.8) is 0 Å². The number of benzene rings is 1. The number of phenolic OH excluding ortho intramolecular Hbond substituents is 2. The fourth-order valence-corrected chi connectivity index (χ4v) is 1.96. The molecule has 1 aromatic carbocycles. The SMILES string of the molecule is CSCCC(C)NCc1ccc(O)c(O)c1. The Kier molecular flexibility index (Phi) is 5.49. The molecule has 0 radical (unpaired) electrons. The molecule has 0 bridgehead atoms. The largest absolute Gasteiger partial charge is 0.504 e. The van der Waals surface area contributed by atoms with Gasteiger partial charge in [-0.2, -0.15) is 11.8 Å². The Balaban J connectivity index is 2.39. The summed E-state index contributed by atoms with van der Waals surface area (Å²) in [5, 5.41) is 21.9. The van der Waals surface area contributed by atoms with Crippen LogP contribution in [-0.2, 0) is 6.54 Å². The molecule has 16 heavy (non-hydrogen) atoms. The van der Waals surface area contributed by atoms with Gasteiger partial charge >= 0.3 is 0 Å². The van der Waals surface area contributed by atoms with Crippen LogP contribution < -0.4 is 5.32 Å². The van der Waals surface area contributed by atoms with Gasteiger partial charge in [-0.15, -0.1) is 0 Å². The molecule has 0 amide bonds. The maximum Gasteiger partial charge on any atom is 0.157 e. The maximum absolute atomic E-state index is 9.33. The molecule has 0 spiro atoms. The third-order valence-corrected chi connectivity index (χ3v) is 3.09. The van der Waals surface area contributed by atoms with Crippen LogP contribution >= 0.6 is 11.8 Å². The van der Waals surface area contributed by atoms with Gasteiger partial charge in [0.1, 0.15) is 0 Å². The molecule has 0 aliphatic heterocycles. The van der Waals surface area contributed by atoms with Gasteiger partial charge in [0.05, 0.1) is 0 Å². The summed E-state index contributed by atoms with van der Waals surface area (Å²) in [6.07, 6.45) is 3.23. The average Bonchev–Trinajstić information content (AvgIpc) is 2.28.